The molecule has 0 unspecified atom stereocenters. The number of hydrogen-bond donors (Lipinski definition) is 1. The van der Waals surface area contributed by atoms with Crippen LogP contribution in [0.3, 0.4) is 0 Å². The lowest BCUT2D eigenvalue weighted by atomic mass is 9.99. The lowest BCUT2D eigenvalue weighted by molar-refractivity contribution is -0.297. The molecule has 26 heavy (non-hydrogen) atoms. The Morgan fingerprint density at radius 2 is 1.81 bits per heavy atom. The Labute approximate surface area is 147 Å². The first-order valence-electron chi connectivity index (χ1n) is 7.97. The summed E-state index contributed by atoms with van der Waals surface area (Å²) in [5, 5.41) is 14.2. The van der Waals surface area contributed by atoms with Crippen molar-refractivity contribution in [1.82, 2.24) is 9.99 Å². The van der Waals surface area contributed by atoms with E-state index in [1.165, 1.54) is 24.5 Å². The van der Waals surface area contributed by atoms with Gasteiger partial charge in [-0.15, -0.1) is 0 Å². The molecule has 0 aliphatic carbocycles. The van der Waals surface area contributed by atoms with Crippen molar-refractivity contribution in [3.8, 4) is 0 Å². The van der Waals surface area contributed by atoms with E-state index in [-0.39, 0.29) is 16.3 Å². The summed E-state index contributed by atoms with van der Waals surface area (Å²) in [5.74, 6) is -1.05. The fourth-order valence-corrected chi connectivity index (χ4v) is 2.69. The zero-order valence-corrected chi connectivity index (χ0v) is 13.9. The second kappa shape index (κ2) is 6.53. The van der Waals surface area contributed by atoms with Crippen LogP contribution in [-0.2, 0) is 6.42 Å². The fraction of sp³-hybridized carbons (Fsp3) is 0.278. The third-order valence-corrected chi connectivity index (χ3v) is 4.25. The number of benzene rings is 1. The van der Waals surface area contributed by atoms with Gasteiger partial charge in [-0.2, -0.15) is 23.3 Å². The third kappa shape index (κ3) is 3.08. The van der Waals surface area contributed by atoms with Crippen molar-refractivity contribution >= 4 is 11.6 Å². The number of carbonyl (C=O) groups is 1. The average Bonchev–Trinajstić information content (AvgIpc) is 3.01. The van der Waals surface area contributed by atoms with E-state index < -0.39 is 24.2 Å². The number of aromatic nitrogens is 1. The third-order valence-electron chi connectivity index (χ3n) is 4.25. The monoisotopic (exact) mass is 363 g/mol. The summed E-state index contributed by atoms with van der Waals surface area (Å²) < 4.78 is 40.6. The highest BCUT2D eigenvalue weighted by atomic mass is 19.4. The molecule has 2 heterocycles. The first-order chi connectivity index (χ1) is 12.3. The smallest absolute Gasteiger partial charge is 0.362 e. The van der Waals surface area contributed by atoms with Gasteiger partial charge >= 0.3 is 6.18 Å². The lowest BCUT2D eigenvalue weighted by Crippen LogP contribution is -2.56. The Balaban J connectivity index is 2.02. The second-order valence-corrected chi connectivity index (χ2v) is 5.94. The van der Waals surface area contributed by atoms with Crippen molar-refractivity contribution in [2.45, 2.75) is 31.7 Å². The van der Waals surface area contributed by atoms with Crippen molar-refractivity contribution in [2.24, 2.45) is 5.10 Å². The van der Waals surface area contributed by atoms with Gasteiger partial charge in [0, 0.05) is 18.0 Å². The van der Waals surface area contributed by atoms with E-state index in [0.717, 1.165) is 12.0 Å². The number of alkyl halides is 3. The maximum Gasteiger partial charge on any atom is 0.438 e. The van der Waals surface area contributed by atoms with Crippen LogP contribution in [0.1, 0.15) is 34.8 Å². The average molecular weight is 363 g/mol. The van der Waals surface area contributed by atoms with Gasteiger partial charge in [-0.1, -0.05) is 31.2 Å². The number of nitrogens with zero attached hydrogens (tertiary/aromatic N) is 3. The number of carbonyl (C=O) groups excluding carboxylic acids is 1. The number of halogens is 3. The molecule has 0 bridgehead atoms. The number of hydrogen-bond acceptors (Lipinski definition) is 4. The zero-order valence-electron chi connectivity index (χ0n) is 13.9. The summed E-state index contributed by atoms with van der Waals surface area (Å²) in [6.07, 6.45) is -2.55. The molecule has 1 aromatic carbocycles. The van der Waals surface area contributed by atoms with Crippen LogP contribution < -0.4 is 0 Å². The molecule has 1 N–H and O–H groups in total. The highest BCUT2D eigenvalue weighted by Crippen LogP contribution is 2.41. The molecule has 0 radical (unpaired) electrons. The van der Waals surface area contributed by atoms with Crippen LogP contribution in [0.5, 0.6) is 0 Å². The predicted octanol–water partition coefficient (Wildman–Crippen LogP) is 3.15. The van der Waals surface area contributed by atoms with Crippen molar-refractivity contribution in [3.63, 3.8) is 0 Å². The Morgan fingerprint density at radius 3 is 2.35 bits per heavy atom. The molecule has 1 aliphatic rings. The minimum Gasteiger partial charge on any atom is -0.362 e. The molecule has 0 spiro atoms. The summed E-state index contributed by atoms with van der Waals surface area (Å²) in [5.41, 5.74) is -2.01. The van der Waals surface area contributed by atoms with E-state index >= 15 is 0 Å². The Kier molecular flexibility index (Phi) is 4.53. The zero-order chi connectivity index (χ0) is 18.9. The molecule has 0 saturated heterocycles. The van der Waals surface area contributed by atoms with Gasteiger partial charge in [-0.25, -0.2) is 0 Å². The van der Waals surface area contributed by atoms with Gasteiger partial charge in [0.15, 0.2) is 0 Å². The largest absolute Gasteiger partial charge is 0.438 e. The molecule has 8 heteroatoms. The van der Waals surface area contributed by atoms with E-state index in [0.29, 0.717) is 5.56 Å². The maximum atomic E-state index is 13.5. The number of rotatable bonds is 3. The first kappa shape index (κ1) is 18.1. The fourth-order valence-electron chi connectivity index (χ4n) is 2.69. The second-order valence-electron chi connectivity index (χ2n) is 5.94. The van der Waals surface area contributed by atoms with Crippen LogP contribution >= 0.6 is 0 Å². The summed E-state index contributed by atoms with van der Waals surface area (Å²) in [7, 11) is 0. The topological polar surface area (TPSA) is 65.8 Å². The van der Waals surface area contributed by atoms with E-state index in [4.69, 9.17) is 0 Å². The van der Waals surface area contributed by atoms with Gasteiger partial charge in [-0.3, -0.25) is 9.78 Å². The van der Waals surface area contributed by atoms with E-state index in [2.05, 4.69) is 10.1 Å². The highest BCUT2D eigenvalue weighted by Gasteiger charge is 2.63. The number of aryl methyl sites for hydroxylation is 1. The van der Waals surface area contributed by atoms with Crippen molar-refractivity contribution < 1.29 is 23.1 Å². The predicted molar refractivity (Wildman–Crippen MR) is 88.4 cm³/mol. The van der Waals surface area contributed by atoms with Gasteiger partial charge in [0.25, 0.3) is 11.6 Å². The van der Waals surface area contributed by atoms with Crippen molar-refractivity contribution in [1.29, 1.82) is 0 Å². The van der Waals surface area contributed by atoms with Crippen molar-refractivity contribution in [3.05, 3.63) is 65.5 Å². The molecule has 136 valence electrons. The number of pyridine rings is 1. The standard InChI is InChI=1S/C18H16F3N3O2/c1-2-12-3-5-13(6-4-12)15-11-17(26,18(19,20)21)24(23-15)16(25)14-7-9-22-10-8-14/h3-10,26H,2,11H2,1H3/t17-/m0/s1. The van der Waals surface area contributed by atoms with Crippen LogP contribution in [0.4, 0.5) is 13.2 Å². The van der Waals surface area contributed by atoms with Crippen LogP contribution in [-0.4, -0.2) is 38.6 Å². The lowest BCUT2D eigenvalue weighted by Gasteiger charge is -2.32. The summed E-state index contributed by atoms with van der Waals surface area (Å²) in [6, 6.07) is 9.35. The van der Waals surface area contributed by atoms with E-state index in [1.54, 1.807) is 24.3 Å². The molecular weight excluding hydrogens is 347 g/mol. The molecule has 0 saturated carbocycles. The van der Waals surface area contributed by atoms with Gasteiger partial charge in [0.2, 0.25) is 0 Å². The summed E-state index contributed by atoms with van der Waals surface area (Å²) in [4.78, 5) is 16.2. The maximum absolute atomic E-state index is 13.5. The van der Waals surface area contributed by atoms with E-state index in [1.807, 2.05) is 6.92 Å². The molecule has 5 nitrogen and oxygen atoms in total. The minimum atomic E-state index is -5.07. The SMILES string of the molecule is CCc1ccc(C2=NN(C(=O)c3ccncc3)[C@@](O)(C(F)(F)F)C2)cc1. The van der Waals surface area contributed by atoms with Gasteiger partial charge < -0.3 is 5.11 Å². The molecule has 3 rings (SSSR count). The Morgan fingerprint density at radius 1 is 1.19 bits per heavy atom. The Bertz CT molecular complexity index is 835. The molecule has 1 aromatic heterocycles. The van der Waals surface area contributed by atoms with Gasteiger partial charge in [0.05, 0.1) is 12.1 Å². The highest BCUT2D eigenvalue weighted by molar-refractivity contribution is 6.05. The van der Waals surface area contributed by atoms with Crippen molar-refractivity contribution in [2.75, 3.05) is 0 Å². The molecule has 1 atom stereocenters. The van der Waals surface area contributed by atoms with Crippen LogP contribution in [0.2, 0.25) is 0 Å². The number of aliphatic hydroxyl groups is 1. The van der Waals surface area contributed by atoms with Gasteiger partial charge in [0.1, 0.15) is 0 Å². The minimum absolute atomic E-state index is 0.00474. The molecular formula is C18H16F3N3O2. The first-order valence-corrected chi connectivity index (χ1v) is 7.97. The van der Waals surface area contributed by atoms with Crippen LogP contribution in [0.25, 0.3) is 0 Å². The Hall–Kier alpha value is -2.74. The summed E-state index contributed by atoms with van der Waals surface area (Å²) in [6.45, 7) is 1.96. The van der Waals surface area contributed by atoms with Gasteiger partial charge in [-0.05, 0) is 29.7 Å². The van der Waals surface area contributed by atoms with E-state index in [9.17, 15) is 23.1 Å². The van der Waals surface area contributed by atoms with Crippen LogP contribution in [0, 0.1) is 0 Å². The molecule has 2 aromatic rings. The molecule has 0 fully saturated rings. The number of hydrazone groups is 1. The number of amides is 1. The quantitative estimate of drug-likeness (QED) is 0.911. The molecule has 1 amide bonds. The summed E-state index contributed by atoms with van der Waals surface area (Å²) >= 11 is 0. The normalized spacial score (nSPS) is 20.2. The molecule has 1 aliphatic heterocycles. The van der Waals surface area contributed by atoms with Crippen LogP contribution in [0.15, 0.2) is 53.9 Å².